The van der Waals surface area contributed by atoms with Gasteiger partial charge in [-0.25, -0.2) is 14.4 Å². The summed E-state index contributed by atoms with van der Waals surface area (Å²) in [6.45, 7) is 9.34. The van der Waals surface area contributed by atoms with Gasteiger partial charge in [0.15, 0.2) is 5.69 Å². The second kappa shape index (κ2) is 18.4. The lowest BCUT2D eigenvalue weighted by atomic mass is 10.2. The molecule has 2 aromatic carbocycles. The number of thiophene rings is 2. The number of carboxylic acid groups (broad SMARTS) is 3. The van der Waals surface area contributed by atoms with Gasteiger partial charge in [-0.15, -0.1) is 22.7 Å². The molecular weight excluding hydrogens is 647 g/mol. The molecule has 0 saturated heterocycles. The fourth-order valence-electron chi connectivity index (χ4n) is 3.49. The average Bonchev–Trinajstić information content (AvgIpc) is 3.82. The third kappa shape index (κ3) is 13.5. The van der Waals surface area contributed by atoms with E-state index < -0.39 is 22.8 Å². The molecule has 4 aromatic heterocycles. The molecule has 14 heteroatoms. The molecule has 4 heterocycles. The molecule has 0 fully saturated rings. The Morgan fingerprint density at radius 1 is 0.809 bits per heavy atom. The summed E-state index contributed by atoms with van der Waals surface area (Å²) in [5.74, 6) is -2.24. The van der Waals surface area contributed by atoms with E-state index in [4.69, 9.17) is 15.3 Å². The number of nitrogens with zero attached hydrogens (tertiary/aromatic N) is 2. The summed E-state index contributed by atoms with van der Waals surface area (Å²) in [5.41, 5.74) is 3.93. The zero-order valence-corrected chi connectivity index (χ0v) is 27.7. The van der Waals surface area contributed by atoms with Crippen LogP contribution in [0, 0.1) is 44.7 Å². The number of aryl methyl sites for hydroxylation is 5. The van der Waals surface area contributed by atoms with Crippen molar-refractivity contribution >= 4 is 57.2 Å². The van der Waals surface area contributed by atoms with E-state index in [9.17, 15) is 24.5 Å². The number of nitrogens with one attached hydrogen (secondary N) is 1. The van der Waals surface area contributed by atoms with E-state index >= 15 is 0 Å². The molecule has 0 saturated carbocycles. The van der Waals surface area contributed by atoms with Crippen molar-refractivity contribution in [3.05, 3.63) is 137 Å². The number of non-ortho nitro benzene ring substituents is 1. The van der Waals surface area contributed by atoms with Crippen molar-refractivity contribution in [1.82, 2.24) is 10.1 Å². The molecule has 0 bridgehead atoms. The van der Waals surface area contributed by atoms with Crippen LogP contribution < -0.4 is 0 Å². The van der Waals surface area contributed by atoms with Crippen LogP contribution in [0.1, 0.15) is 57.2 Å². The lowest BCUT2D eigenvalue weighted by Gasteiger charge is -1.90. The maximum Gasteiger partial charge on any atom is 0.358 e. The quantitative estimate of drug-likeness (QED) is 0.103. The first kappa shape index (κ1) is 37.6. The molecule has 6 aromatic rings. The summed E-state index contributed by atoms with van der Waals surface area (Å²) in [7, 11) is 0. The molecule has 246 valence electrons. The zero-order valence-electron chi connectivity index (χ0n) is 26.1. The maximum absolute atomic E-state index is 10.2. The highest BCUT2D eigenvalue weighted by atomic mass is 32.1. The SMILES string of the molecule is Cc1cc(C(=O)O)cs1.Cc1cc(C(=O)O)no1.Cc1ccc(C(=O)O)s1.Cc1ccc2[nH]ccc2c1.Cc1cccc([N+](=O)[O-])c1. The van der Waals surface area contributed by atoms with Gasteiger partial charge in [-0.3, -0.25) is 10.1 Å². The zero-order chi connectivity index (χ0) is 35.1. The van der Waals surface area contributed by atoms with Gasteiger partial charge in [0.25, 0.3) is 5.69 Å². The highest BCUT2D eigenvalue weighted by Gasteiger charge is 2.07. The van der Waals surface area contributed by atoms with Crippen LogP contribution in [-0.2, 0) is 0 Å². The third-order valence-electron chi connectivity index (χ3n) is 5.70. The fraction of sp³-hybridized carbons (Fsp3) is 0.152. The molecule has 47 heavy (non-hydrogen) atoms. The minimum absolute atomic E-state index is 0.0486. The van der Waals surface area contributed by atoms with Crippen molar-refractivity contribution < 1.29 is 39.1 Å². The van der Waals surface area contributed by atoms with Crippen LogP contribution in [-0.4, -0.2) is 48.3 Å². The third-order valence-corrected chi connectivity index (χ3v) is 7.55. The molecule has 0 aliphatic carbocycles. The largest absolute Gasteiger partial charge is 0.478 e. The van der Waals surface area contributed by atoms with Gasteiger partial charge >= 0.3 is 17.9 Å². The first-order valence-electron chi connectivity index (χ1n) is 13.7. The standard InChI is InChI=1S/C9H9N.C7H7NO2.2C6H6O2S.C5H5NO3/c1-7-2-3-9-8(6-7)4-5-10-9;1-6-3-2-4-7(5-6)8(9)10;1-4-2-5(3-9-4)6(7)8;1-4-2-3-5(9-4)6(7)8;1-3-2-4(5(7)8)6-9-3/h2-6,10H,1H3;2-5H,1H3;2*2-3H,1H3,(H,7,8);2H,1H3,(H,7,8). The molecule has 0 aliphatic rings. The molecule has 0 radical (unpaired) electrons. The second-order valence-corrected chi connectivity index (χ2v) is 12.2. The summed E-state index contributed by atoms with van der Waals surface area (Å²) >= 11 is 2.75. The molecule has 0 atom stereocenters. The normalized spacial score (nSPS) is 9.64. The monoisotopic (exact) mass is 679 g/mol. The van der Waals surface area contributed by atoms with Crippen molar-refractivity contribution in [2.75, 3.05) is 0 Å². The first-order chi connectivity index (χ1) is 22.2. The summed E-state index contributed by atoms with van der Waals surface area (Å²) in [6, 6.07) is 21.4. The van der Waals surface area contributed by atoms with Crippen LogP contribution in [0.4, 0.5) is 5.69 Å². The number of aromatic amines is 1. The van der Waals surface area contributed by atoms with Crippen molar-refractivity contribution in [2.24, 2.45) is 0 Å². The Balaban J connectivity index is 0.000000204. The van der Waals surface area contributed by atoms with Crippen LogP contribution in [0.15, 0.2) is 88.9 Å². The highest BCUT2D eigenvalue weighted by molar-refractivity contribution is 7.13. The molecule has 0 unspecified atom stereocenters. The van der Waals surface area contributed by atoms with Crippen LogP contribution in [0.3, 0.4) is 0 Å². The van der Waals surface area contributed by atoms with Gasteiger partial charge in [-0.1, -0.05) is 28.9 Å². The number of hydrogen-bond acceptors (Lipinski definition) is 9. The van der Waals surface area contributed by atoms with E-state index in [1.165, 1.54) is 51.3 Å². The molecular formula is C33H33N3O9S2. The van der Waals surface area contributed by atoms with Gasteiger partial charge in [-0.05, 0) is 82.0 Å². The summed E-state index contributed by atoms with van der Waals surface area (Å²) in [5, 5.41) is 41.4. The molecule has 6 rings (SSSR count). The smallest absolute Gasteiger partial charge is 0.358 e. The van der Waals surface area contributed by atoms with Crippen molar-refractivity contribution in [1.29, 1.82) is 0 Å². The summed E-state index contributed by atoms with van der Waals surface area (Å²) in [4.78, 5) is 45.9. The maximum atomic E-state index is 10.2. The van der Waals surface area contributed by atoms with Gasteiger partial charge in [0.1, 0.15) is 10.6 Å². The number of aromatic carboxylic acids is 3. The lowest BCUT2D eigenvalue weighted by molar-refractivity contribution is -0.384. The number of fused-ring (bicyclic) bond motifs is 1. The number of hydrogen-bond donors (Lipinski definition) is 4. The molecule has 12 nitrogen and oxygen atoms in total. The number of aromatic nitrogens is 2. The van der Waals surface area contributed by atoms with E-state index in [0.717, 1.165) is 15.3 Å². The van der Waals surface area contributed by atoms with Crippen LogP contribution in [0.5, 0.6) is 0 Å². The van der Waals surface area contributed by atoms with Gasteiger partial charge < -0.3 is 24.8 Å². The molecule has 4 N–H and O–H groups in total. The van der Waals surface area contributed by atoms with Crippen LogP contribution in [0.2, 0.25) is 0 Å². The Morgan fingerprint density at radius 3 is 1.91 bits per heavy atom. The minimum atomic E-state index is -1.06. The number of H-pyrrole nitrogens is 1. The molecule has 0 spiro atoms. The summed E-state index contributed by atoms with van der Waals surface area (Å²) < 4.78 is 4.49. The van der Waals surface area contributed by atoms with Crippen LogP contribution in [0.25, 0.3) is 10.9 Å². The van der Waals surface area contributed by atoms with Crippen LogP contribution >= 0.6 is 22.7 Å². The topological polar surface area (TPSA) is 197 Å². The first-order valence-corrected chi connectivity index (χ1v) is 15.4. The minimum Gasteiger partial charge on any atom is -0.478 e. The summed E-state index contributed by atoms with van der Waals surface area (Å²) in [6.07, 6.45) is 1.96. The molecule has 0 aliphatic heterocycles. The van der Waals surface area contributed by atoms with E-state index in [1.807, 2.05) is 33.0 Å². The Labute approximate surface area is 277 Å². The highest BCUT2D eigenvalue weighted by Crippen LogP contribution is 2.15. The van der Waals surface area contributed by atoms with Crippen molar-refractivity contribution in [3.8, 4) is 0 Å². The van der Waals surface area contributed by atoms with Gasteiger partial charge in [0.2, 0.25) is 0 Å². The Bertz CT molecular complexity index is 1820. The van der Waals surface area contributed by atoms with Crippen molar-refractivity contribution in [2.45, 2.75) is 34.6 Å². The fourth-order valence-corrected chi connectivity index (χ4v) is 4.87. The molecule has 0 amide bonds. The average molecular weight is 680 g/mol. The van der Waals surface area contributed by atoms with Gasteiger partial charge in [0, 0.05) is 45.0 Å². The number of benzene rings is 2. The number of carbonyl (C=O) groups is 3. The number of rotatable bonds is 4. The Kier molecular flexibility index (Phi) is 14.7. The van der Waals surface area contributed by atoms with E-state index in [0.29, 0.717) is 16.2 Å². The van der Waals surface area contributed by atoms with Gasteiger partial charge in [0.05, 0.1) is 10.5 Å². The Hall–Kier alpha value is -5.60. The van der Waals surface area contributed by atoms with E-state index in [-0.39, 0.29) is 11.4 Å². The number of nitro benzene ring substituents is 1. The van der Waals surface area contributed by atoms with E-state index in [1.54, 1.807) is 42.6 Å². The van der Waals surface area contributed by atoms with Crippen molar-refractivity contribution in [3.63, 3.8) is 0 Å². The number of nitro groups is 1. The lowest BCUT2D eigenvalue weighted by Crippen LogP contribution is -1.94. The predicted molar refractivity (Wildman–Crippen MR) is 181 cm³/mol. The second-order valence-electron chi connectivity index (χ2n) is 9.76. The Morgan fingerprint density at radius 2 is 1.51 bits per heavy atom. The van der Waals surface area contributed by atoms with Gasteiger partial charge in [-0.2, -0.15) is 0 Å². The number of carboxylic acids is 3. The van der Waals surface area contributed by atoms with E-state index in [2.05, 4.69) is 45.9 Å². The predicted octanol–water partition coefficient (Wildman–Crippen LogP) is 8.57.